The van der Waals surface area contributed by atoms with Gasteiger partial charge in [-0.05, 0) is 0 Å². The van der Waals surface area contributed by atoms with Gasteiger partial charge < -0.3 is 30.6 Å². The number of carboxylic acids is 1. The zero-order chi connectivity index (χ0) is 12.2. The Morgan fingerprint density at radius 1 is 1.00 bits per heavy atom. The van der Waals surface area contributed by atoms with Gasteiger partial charge in [-0.15, -0.1) is 0 Å². The van der Waals surface area contributed by atoms with Gasteiger partial charge in [-0.1, -0.05) is 0 Å². The Balaban J connectivity index is 0. The van der Waals surface area contributed by atoms with Crippen LogP contribution in [0.25, 0.3) is 0 Å². The van der Waals surface area contributed by atoms with Crippen LogP contribution in [0.5, 0.6) is 0 Å². The van der Waals surface area contributed by atoms with Crippen molar-refractivity contribution in [1.82, 2.24) is 0 Å². The molecule has 0 saturated heterocycles. The molecule has 0 aromatic carbocycles. The minimum atomic E-state index is -2.36. The summed E-state index contributed by atoms with van der Waals surface area (Å²) in [4.78, 5) is 20.7. The Kier molecular flexibility index (Phi) is 9.26. The topological polar surface area (TPSA) is 156 Å². The Hall–Kier alpha value is -0.0600. The molecule has 9 heteroatoms. The number of carbonyl (C=O) groups excluding carboxylic acids is 1. The normalized spacial score (nSPS) is 17.8. The molecule has 0 aliphatic rings. The van der Waals surface area contributed by atoms with Crippen molar-refractivity contribution < 1.29 is 40.2 Å². The summed E-state index contributed by atoms with van der Waals surface area (Å²) in [6.07, 6.45) is -8.35. The number of carboxylic acid groups (broad SMARTS) is 1. The van der Waals surface area contributed by atoms with Crippen LogP contribution in [-0.2, 0) is 9.59 Å². The molecule has 0 aromatic rings. The summed E-state index contributed by atoms with van der Waals surface area (Å²) in [5.41, 5.74) is 0. The fraction of sp³-hybridized carbons (Fsp3) is 0.714. The molecule has 8 nitrogen and oxygen atoms in total. The van der Waals surface area contributed by atoms with Crippen LogP contribution in [0.3, 0.4) is 0 Å². The van der Waals surface area contributed by atoms with Crippen LogP contribution in [0.2, 0.25) is 0 Å². The van der Waals surface area contributed by atoms with Crippen molar-refractivity contribution in [1.29, 1.82) is 0 Å². The van der Waals surface area contributed by atoms with Crippen LogP contribution in [-0.4, -0.2) is 103 Å². The number of Topliss-reactive ketones (excluding diaryl/α,β-unsaturated/α-hetero) is 1. The number of rotatable bonds is 6. The van der Waals surface area contributed by atoms with Crippen LogP contribution in [0, 0.1) is 0 Å². The van der Waals surface area contributed by atoms with E-state index in [-0.39, 0.29) is 29.6 Å². The molecule has 0 aliphatic carbocycles. The van der Waals surface area contributed by atoms with Crippen molar-refractivity contribution in [3.8, 4) is 0 Å². The molecule has 0 saturated carbocycles. The number of aliphatic hydroxyl groups excluding tert-OH is 5. The molecule has 0 unspecified atom stereocenters. The van der Waals surface area contributed by atoms with E-state index in [1.807, 2.05) is 0 Å². The van der Waals surface area contributed by atoms with E-state index in [1.165, 1.54) is 0 Å². The van der Waals surface area contributed by atoms with E-state index in [2.05, 4.69) is 0 Å². The van der Waals surface area contributed by atoms with Gasteiger partial charge in [0.25, 0.3) is 5.78 Å². The molecule has 0 rings (SSSR count). The van der Waals surface area contributed by atoms with E-state index in [1.54, 1.807) is 0 Å². The van der Waals surface area contributed by atoms with Crippen LogP contribution in [0.15, 0.2) is 0 Å². The Morgan fingerprint density at radius 3 is 1.75 bits per heavy atom. The van der Waals surface area contributed by atoms with Crippen molar-refractivity contribution in [3.63, 3.8) is 0 Å². The summed E-state index contributed by atoms with van der Waals surface area (Å²) in [6.45, 7) is -0.911. The third-order valence-corrected chi connectivity index (χ3v) is 1.73. The predicted octanol–water partition coefficient (Wildman–Crippen LogP) is -4.57. The molecule has 90 valence electrons. The predicted molar refractivity (Wildman–Crippen MR) is 50.9 cm³/mol. The van der Waals surface area contributed by atoms with Crippen molar-refractivity contribution in [2.24, 2.45) is 0 Å². The fourth-order valence-corrected chi connectivity index (χ4v) is 0.804. The quantitative estimate of drug-likeness (QED) is 0.203. The van der Waals surface area contributed by atoms with Gasteiger partial charge in [0.05, 0.1) is 6.61 Å². The molecule has 6 N–H and O–H groups in total. The van der Waals surface area contributed by atoms with E-state index < -0.39 is 42.8 Å². The first-order valence-corrected chi connectivity index (χ1v) is 3.93. The monoisotopic (exact) mass is 248 g/mol. The minimum absolute atomic E-state index is 0. The Bertz CT molecular complexity index is 245. The van der Waals surface area contributed by atoms with Crippen molar-refractivity contribution in [3.05, 3.63) is 0 Å². The first-order valence-electron chi connectivity index (χ1n) is 3.93. The summed E-state index contributed by atoms with van der Waals surface area (Å²) in [7, 11) is 0. The molecule has 0 amide bonds. The maximum atomic E-state index is 10.6. The molecule has 0 radical (unpaired) electrons. The summed E-state index contributed by atoms with van der Waals surface area (Å²) in [5, 5.41) is 52.4. The molecule has 0 heterocycles. The summed E-state index contributed by atoms with van der Waals surface area (Å²) < 4.78 is 0. The first kappa shape index (κ1) is 18.3. The van der Waals surface area contributed by atoms with Crippen molar-refractivity contribution in [2.75, 3.05) is 6.61 Å². The molecule has 0 aliphatic heterocycles. The maximum absolute atomic E-state index is 10.6. The third kappa shape index (κ3) is 4.85. The van der Waals surface area contributed by atoms with Gasteiger partial charge >= 0.3 is 35.5 Å². The summed E-state index contributed by atoms with van der Waals surface area (Å²) in [5.74, 6) is -3.70. The molecular formula is C7H13NaO8. The van der Waals surface area contributed by atoms with Gasteiger partial charge in [0.2, 0.25) is 0 Å². The second-order valence-electron chi connectivity index (χ2n) is 2.85. The zero-order valence-corrected chi connectivity index (χ0v) is 7.52. The van der Waals surface area contributed by atoms with Gasteiger partial charge in [-0.25, -0.2) is 4.79 Å². The molecule has 4 atom stereocenters. The van der Waals surface area contributed by atoms with Crippen LogP contribution < -0.4 is 0 Å². The number of ketones is 1. The van der Waals surface area contributed by atoms with E-state index >= 15 is 0 Å². The third-order valence-electron chi connectivity index (χ3n) is 1.73. The molecule has 16 heavy (non-hydrogen) atoms. The van der Waals surface area contributed by atoms with E-state index in [0.29, 0.717) is 0 Å². The number of aliphatic hydroxyl groups is 5. The molecule has 0 spiro atoms. The SMILES string of the molecule is O=C(O)C(=O)[C@H](O)[C@@H](O)[C@H](O)[C@H](O)CO.[NaH]. The Morgan fingerprint density at radius 2 is 1.44 bits per heavy atom. The first-order chi connectivity index (χ1) is 6.82. The number of hydrogen-bond acceptors (Lipinski definition) is 7. The van der Waals surface area contributed by atoms with Crippen LogP contribution in [0.4, 0.5) is 0 Å². The van der Waals surface area contributed by atoms with Crippen molar-refractivity contribution >= 4 is 41.3 Å². The number of carbonyl (C=O) groups is 2. The fourth-order valence-electron chi connectivity index (χ4n) is 0.804. The van der Waals surface area contributed by atoms with Gasteiger partial charge in [0, 0.05) is 0 Å². The Labute approximate surface area is 112 Å². The van der Waals surface area contributed by atoms with Crippen LogP contribution >= 0.6 is 0 Å². The van der Waals surface area contributed by atoms with Gasteiger partial charge in [0.15, 0.2) is 6.10 Å². The van der Waals surface area contributed by atoms with Crippen molar-refractivity contribution in [2.45, 2.75) is 24.4 Å². The second kappa shape index (κ2) is 8.09. The molecular weight excluding hydrogens is 235 g/mol. The van der Waals surface area contributed by atoms with Gasteiger partial charge in [-0.3, -0.25) is 4.79 Å². The van der Waals surface area contributed by atoms with Crippen LogP contribution in [0.1, 0.15) is 0 Å². The average Bonchev–Trinajstić information content (AvgIpc) is 2.23. The standard InChI is InChI=1S/C7H12O8.Na.H/c8-1-2(9)3(10)4(11)5(12)6(13)7(14)15;;/h2-5,8-12H,1H2,(H,14,15);;/t2-,3-,4+,5-;;/m1../s1. The second-order valence-corrected chi connectivity index (χ2v) is 2.85. The van der Waals surface area contributed by atoms with Gasteiger partial charge in [-0.2, -0.15) is 0 Å². The molecule has 0 fully saturated rings. The average molecular weight is 248 g/mol. The molecule has 0 bridgehead atoms. The van der Waals surface area contributed by atoms with Gasteiger partial charge in [0.1, 0.15) is 18.3 Å². The zero-order valence-electron chi connectivity index (χ0n) is 7.52. The summed E-state index contributed by atoms with van der Waals surface area (Å²) >= 11 is 0. The molecule has 0 aromatic heterocycles. The number of aliphatic carboxylic acids is 1. The van der Waals surface area contributed by atoms with E-state index in [0.717, 1.165) is 0 Å². The van der Waals surface area contributed by atoms with E-state index in [9.17, 15) is 9.59 Å². The van der Waals surface area contributed by atoms with E-state index in [4.69, 9.17) is 30.6 Å². The number of hydrogen-bond donors (Lipinski definition) is 6. The summed E-state index contributed by atoms with van der Waals surface area (Å²) in [6, 6.07) is 0.